The maximum absolute atomic E-state index is 13.4. The van der Waals surface area contributed by atoms with Crippen LogP contribution in [-0.4, -0.2) is 47.2 Å². The predicted molar refractivity (Wildman–Crippen MR) is 137 cm³/mol. The fourth-order valence-electron chi connectivity index (χ4n) is 3.75. The molecule has 2 amide bonds. The molecule has 0 radical (unpaired) electrons. The Morgan fingerprint density at radius 3 is 2.56 bits per heavy atom. The van der Waals surface area contributed by atoms with Crippen LogP contribution in [0.1, 0.15) is 17.3 Å². The average Bonchev–Trinajstić information content (AvgIpc) is 2.88. The molecule has 4 aromatic rings. The van der Waals surface area contributed by atoms with Crippen molar-refractivity contribution in [3.05, 3.63) is 77.0 Å². The molecule has 10 heteroatoms. The molecule has 2 aromatic heterocycles. The molecule has 0 bridgehead atoms. The van der Waals surface area contributed by atoms with Gasteiger partial charge in [0, 0.05) is 41.8 Å². The molecule has 184 valence electrons. The van der Waals surface area contributed by atoms with Crippen molar-refractivity contribution in [1.29, 1.82) is 0 Å². The number of nitrogens with one attached hydrogen (secondary N) is 2. The van der Waals surface area contributed by atoms with Crippen molar-refractivity contribution < 1.29 is 19.1 Å². The fourth-order valence-corrected chi connectivity index (χ4v) is 3.75. The molecule has 0 unspecified atom stereocenters. The summed E-state index contributed by atoms with van der Waals surface area (Å²) < 4.78 is 11.7. The largest absolute Gasteiger partial charge is 0.481 e. The summed E-state index contributed by atoms with van der Waals surface area (Å²) in [5.74, 6) is 0.298. The molecule has 0 saturated heterocycles. The van der Waals surface area contributed by atoms with E-state index in [1.165, 1.54) is 24.9 Å². The molecule has 0 fully saturated rings. The first-order valence-corrected chi connectivity index (χ1v) is 11.1. The zero-order valence-corrected chi connectivity index (χ0v) is 20.1. The minimum atomic E-state index is -0.540. The van der Waals surface area contributed by atoms with E-state index in [0.29, 0.717) is 58.0 Å². The Morgan fingerprint density at radius 1 is 1.03 bits per heavy atom. The van der Waals surface area contributed by atoms with E-state index in [4.69, 9.17) is 9.47 Å². The molecule has 2 N–H and O–H groups in total. The summed E-state index contributed by atoms with van der Waals surface area (Å²) in [6.07, 6.45) is 3.04. The Balaban J connectivity index is 1.79. The van der Waals surface area contributed by atoms with Crippen LogP contribution in [0.2, 0.25) is 0 Å². The van der Waals surface area contributed by atoms with Gasteiger partial charge in [-0.05, 0) is 37.3 Å². The van der Waals surface area contributed by atoms with E-state index in [-0.39, 0.29) is 11.3 Å². The highest BCUT2D eigenvalue weighted by Gasteiger charge is 2.18. The molecule has 10 nitrogen and oxygen atoms in total. The highest BCUT2D eigenvalue weighted by molar-refractivity contribution is 6.08. The third-order valence-corrected chi connectivity index (χ3v) is 5.54. The van der Waals surface area contributed by atoms with Gasteiger partial charge in [0.1, 0.15) is 0 Å². The molecule has 0 aliphatic heterocycles. The number of amides is 2. The van der Waals surface area contributed by atoms with Crippen LogP contribution < -0.4 is 20.9 Å². The summed E-state index contributed by atoms with van der Waals surface area (Å²) in [6.45, 7) is 2.12. The van der Waals surface area contributed by atoms with E-state index in [0.717, 1.165) is 0 Å². The molecule has 4 rings (SSSR count). The Bertz CT molecular complexity index is 1480. The van der Waals surface area contributed by atoms with Crippen LogP contribution in [0.3, 0.4) is 0 Å². The molecule has 0 aliphatic rings. The van der Waals surface area contributed by atoms with Gasteiger partial charge in [-0.1, -0.05) is 12.1 Å². The number of ketones is 1. The minimum Gasteiger partial charge on any atom is -0.481 e. The van der Waals surface area contributed by atoms with Crippen molar-refractivity contribution in [3.8, 4) is 17.0 Å². The lowest BCUT2D eigenvalue weighted by Gasteiger charge is -2.16. The van der Waals surface area contributed by atoms with Gasteiger partial charge in [-0.25, -0.2) is 14.8 Å². The van der Waals surface area contributed by atoms with Crippen LogP contribution in [-0.2, 0) is 11.3 Å². The van der Waals surface area contributed by atoms with Crippen molar-refractivity contribution in [2.24, 2.45) is 0 Å². The van der Waals surface area contributed by atoms with Crippen molar-refractivity contribution in [1.82, 2.24) is 14.5 Å². The minimum absolute atomic E-state index is 0.111. The van der Waals surface area contributed by atoms with E-state index in [9.17, 15) is 14.4 Å². The lowest BCUT2D eigenvalue weighted by atomic mass is 10.0. The van der Waals surface area contributed by atoms with Crippen LogP contribution >= 0.6 is 0 Å². The number of fused-ring (bicyclic) bond motifs is 1. The highest BCUT2D eigenvalue weighted by atomic mass is 16.5. The lowest BCUT2D eigenvalue weighted by Crippen LogP contribution is -2.24. The van der Waals surface area contributed by atoms with Gasteiger partial charge in [0.15, 0.2) is 5.78 Å². The number of hydrogen-bond donors (Lipinski definition) is 2. The van der Waals surface area contributed by atoms with Crippen molar-refractivity contribution in [2.75, 3.05) is 31.5 Å². The van der Waals surface area contributed by atoms with Crippen LogP contribution in [0.25, 0.3) is 22.0 Å². The number of methoxy groups -OCH3 is 2. The molecular weight excluding hydrogens is 462 g/mol. The molecule has 0 spiro atoms. The topological polar surface area (TPSA) is 124 Å². The Labute approximate surface area is 206 Å². The highest BCUT2D eigenvalue weighted by Crippen LogP contribution is 2.33. The summed E-state index contributed by atoms with van der Waals surface area (Å²) in [5.41, 5.74) is 2.58. The fraction of sp³-hybridized carbons (Fsp3) is 0.192. The van der Waals surface area contributed by atoms with Crippen LogP contribution in [0.4, 0.5) is 16.2 Å². The van der Waals surface area contributed by atoms with Gasteiger partial charge < -0.3 is 20.1 Å². The Hall–Kier alpha value is -4.57. The van der Waals surface area contributed by atoms with Gasteiger partial charge in [0.2, 0.25) is 5.88 Å². The summed E-state index contributed by atoms with van der Waals surface area (Å²) in [4.78, 5) is 46.7. The van der Waals surface area contributed by atoms with Crippen LogP contribution in [0.15, 0.2) is 65.8 Å². The summed E-state index contributed by atoms with van der Waals surface area (Å²) in [6, 6.07) is 12.9. The molecule has 0 aliphatic carbocycles. The zero-order valence-electron chi connectivity index (χ0n) is 20.1. The maximum Gasteiger partial charge on any atom is 0.323 e. The zero-order chi connectivity index (χ0) is 25.7. The Morgan fingerprint density at radius 2 is 1.86 bits per heavy atom. The second-order valence-electron chi connectivity index (χ2n) is 7.92. The SMILES string of the molecule is COCCn1cnc2ccc(NC(=O)Nc3cccc(C(C)=O)c3)c(-c3ccc(OC)nc3)c2c1=O. The third-order valence-electron chi connectivity index (χ3n) is 5.54. The number of benzene rings is 2. The van der Waals surface area contributed by atoms with E-state index in [2.05, 4.69) is 20.6 Å². The number of aromatic nitrogens is 3. The molecule has 0 atom stereocenters. The van der Waals surface area contributed by atoms with Crippen molar-refractivity contribution >= 4 is 34.1 Å². The number of rotatable bonds is 8. The van der Waals surface area contributed by atoms with Crippen molar-refractivity contribution in [2.45, 2.75) is 13.5 Å². The van der Waals surface area contributed by atoms with Gasteiger partial charge in [0.25, 0.3) is 5.56 Å². The maximum atomic E-state index is 13.4. The molecular formula is C26H25N5O5. The number of carbonyl (C=O) groups excluding carboxylic acids is 2. The van der Waals surface area contributed by atoms with Crippen LogP contribution in [0.5, 0.6) is 5.88 Å². The molecule has 2 heterocycles. The van der Waals surface area contributed by atoms with E-state index in [1.54, 1.807) is 61.8 Å². The number of carbonyl (C=O) groups is 2. The summed E-state index contributed by atoms with van der Waals surface area (Å²) >= 11 is 0. The van der Waals surface area contributed by atoms with E-state index < -0.39 is 6.03 Å². The molecule has 36 heavy (non-hydrogen) atoms. The number of hydrogen-bond acceptors (Lipinski definition) is 7. The van der Waals surface area contributed by atoms with Gasteiger partial charge in [-0.3, -0.25) is 14.2 Å². The normalized spacial score (nSPS) is 10.8. The second-order valence-corrected chi connectivity index (χ2v) is 7.92. The molecule has 0 saturated carbocycles. The molecule has 2 aromatic carbocycles. The Kier molecular flexibility index (Phi) is 7.36. The first-order valence-electron chi connectivity index (χ1n) is 11.1. The first-order chi connectivity index (χ1) is 17.4. The van der Waals surface area contributed by atoms with Gasteiger partial charge in [-0.2, -0.15) is 0 Å². The number of anilines is 2. The number of urea groups is 1. The van der Waals surface area contributed by atoms with Gasteiger partial charge in [-0.15, -0.1) is 0 Å². The standard InChI is InChI=1S/C26H25N5O5/c1-16(32)17-5-4-6-19(13-17)29-26(34)30-21-9-8-20-24(25(33)31(15-28-20)11-12-35-2)23(21)18-7-10-22(36-3)27-14-18/h4-10,13-15H,11-12H2,1-3H3,(H2,29,30,34). The third kappa shape index (κ3) is 5.23. The number of nitrogens with zero attached hydrogens (tertiary/aromatic N) is 3. The van der Waals surface area contributed by atoms with Gasteiger partial charge in [0.05, 0.1) is 43.2 Å². The van der Waals surface area contributed by atoms with E-state index in [1.807, 2.05) is 0 Å². The predicted octanol–water partition coefficient (Wildman–Crippen LogP) is 3.96. The van der Waals surface area contributed by atoms with Crippen molar-refractivity contribution in [3.63, 3.8) is 0 Å². The number of ether oxygens (including phenoxy) is 2. The summed E-state index contributed by atoms with van der Waals surface area (Å²) in [7, 11) is 3.07. The van der Waals surface area contributed by atoms with Crippen LogP contribution in [0, 0.1) is 0 Å². The van der Waals surface area contributed by atoms with E-state index >= 15 is 0 Å². The number of Topliss-reactive ketones (excluding diaryl/α,β-unsaturated/α-hetero) is 1. The monoisotopic (exact) mass is 487 g/mol. The average molecular weight is 488 g/mol. The quantitative estimate of drug-likeness (QED) is 0.361. The smallest absolute Gasteiger partial charge is 0.323 e. The lowest BCUT2D eigenvalue weighted by molar-refractivity contribution is 0.101. The summed E-state index contributed by atoms with van der Waals surface area (Å²) in [5, 5.41) is 5.88. The first kappa shape index (κ1) is 24.6. The number of pyridine rings is 1. The van der Waals surface area contributed by atoms with Gasteiger partial charge >= 0.3 is 6.03 Å². The second kappa shape index (κ2) is 10.8.